The Bertz CT molecular complexity index is 375. The summed E-state index contributed by atoms with van der Waals surface area (Å²) in [7, 11) is 2.12. The fraction of sp³-hybridized carbons (Fsp3) is 0.727. The summed E-state index contributed by atoms with van der Waals surface area (Å²) in [5, 5.41) is 3.65. The molecule has 0 spiro atoms. The first-order valence-electron chi connectivity index (χ1n) is 5.70. The van der Waals surface area contributed by atoms with Crippen molar-refractivity contribution in [1.29, 1.82) is 0 Å². The Morgan fingerprint density at radius 3 is 3.00 bits per heavy atom. The molecule has 1 aliphatic heterocycles. The lowest BCUT2D eigenvalue weighted by Gasteiger charge is -2.31. The number of hydrogen-bond acceptors (Lipinski definition) is 5. The lowest BCUT2D eigenvalue weighted by Crippen LogP contribution is -2.37. The molecule has 2 rings (SSSR count). The van der Waals surface area contributed by atoms with Gasteiger partial charge in [-0.2, -0.15) is 4.98 Å². The molecule has 1 unspecified atom stereocenters. The molecule has 0 radical (unpaired) electrons. The highest BCUT2D eigenvalue weighted by atomic mass is 16.5. The third-order valence-corrected chi connectivity index (χ3v) is 3.11. The van der Waals surface area contributed by atoms with Crippen LogP contribution >= 0.6 is 0 Å². The highest BCUT2D eigenvalue weighted by molar-refractivity contribution is 5.89. The Hall–Kier alpha value is -1.23. The number of rotatable bonds is 3. The van der Waals surface area contributed by atoms with Gasteiger partial charge in [-0.15, -0.1) is 0 Å². The van der Waals surface area contributed by atoms with Crippen LogP contribution < -0.4 is 0 Å². The van der Waals surface area contributed by atoms with Crippen molar-refractivity contribution in [3.05, 3.63) is 11.7 Å². The summed E-state index contributed by atoms with van der Waals surface area (Å²) in [6.45, 7) is 2.57. The van der Waals surface area contributed by atoms with E-state index in [0.29, 0.717) is 11.9 Å². The van der Waals surface area contributed by atoms with Gasteiger partial charge >= 0.3 is 0 Å². The molecular formula is C11H17N3O2. The summed E-state index contributed by atoms with van der Waals surface area (Å²) in [5.41, 5.74) is 0. The van der Waals surface area contributed by atoms with Crippen molar-refractivity contribution in [3.63, 3.8) is 0 Å². The minimum absolute atomic E-state index is 0.146. The van der Waals surface area contributed by atoms with Crippen LogP contribution in [0.5, 0.6) is 0 Å². The van der Waals surface area contributed by atoms with Crippen LogP contribution in [-0.4, -0.2) is 40.5 Å². The summed E-state index contributed by atoms with van der Waals surface area (Å²) >= 11 is 0. The van der Waals surface area contributed by atoms with Crippen molar-refractivity contribution in [2.75, 3.05) is 13.6 Å². The molecule has 1 aromatic rings. The van der Waals surface area contributed by atoms with Gasteiger partial charge in [-0.05, 0) is 26.4 Å². The van der Waals surface area contributed by atoms with Gasteiger partial charge in [-0.25, -0.2) is 0 Å². The molecule has 5 nitrogen and oxygen atoms in total. The summed E-state index contributed by atoms with van der Waals surface area (Å²) in [4.78, 5) is 17.4. The maximum atomic E-state index is 11.0. The molecule has 88 valence electrons. The van der Waals surface area contributed by atoms with Crippen LogP contribution in [0.3, 0.4) is 0 Å². The molecule has 2 heterocycles. The maximum Gasteiger partial charge on any atom is 0.238 e. The third-order valence-electron chi connectivity index (χ3n) is 3.11. The van der Waals surface area contributed by atoms with E-state index in [0.717, 1.165) is 19.4 Å². The highest BCUT2D eigenvalue weighted by Crippen LogP contribution is 2.18. The van der Waals surface area contributed by atoms with Crippen molar-refractivity contribution >= 4 is 5.78 Å². The monoisotopic (exact) mass is 223 g/mol. The summed E-state index contributed by atoms with van der Waals surface area (Å²) in [5.74, 6) is 0.615. The van der Waals surface area contributed by atoms with Crippen molar-refractivity contribution in [2.45, 2.75) is 38.6 Å². The summed E-state index contributed by atoms with van der Waals surface area (Å²) in [6.07, 6.45) is 4.42. The van der Waals surface area contributed by atoms with Gasteiger partial charge in [0.1, 0.15) is 0 Å². The van der Waals surface area contributed by atoms with E-state index in [4.69, 9.17) is 4.52 Å². The van der Waals surface area contributed by atoms with E-state index in [2.05, 4.69) is 22.1 Å². The lowest BCUT2D eigenvalue weighted by molar-refractivity contribution is 0.100. The number of carbonyl (C=O) groups is 1. The fourth-order valence-electron chi connectivity index (χ4n) is 2.08. The third kappa shape index (κ3) is 2.47. The minimum Gasteiger partial charge on any atom is -0.339 e. The largest absolute Gasteiger partial charge is 0.339 e. The second-order valence-corrected chi connectivity index (χ2v) is 4.40. The zero-order valence-electron chi connectivity index (χ0n) is 9.77. The molecule has 0 aromatic carbocycles. The van der Waals surface area contributed by atoms with Gasteiger partial charge in [0.2, 0.25) is 17.5 Å². The van der Waals surface area contributed by atoms with Crippen LogP contribution in [0.15, 0.2) is 4.52 Å². The van der Waals surface area contributed by atoms with Gasteiger partial charge in [0.15, 0.2) is 0 Å². The molecule has 0 amide bonds. The van der Waals surface area contributed by atoms with E-state index >= 15 is 0 Å². The van der Waals surface area contributed by atoms with Crippen molar-refractivity contribution in [2.24, 2.45) is 0 Å². The SMILES string of the molecule is CC(=O)c1noc(CC2CCCCN2C)n1. The van der Waals surface area contributed by atoms with Gasteiger partial charge in [0, 0.05) is 19.4 Å². The van der Waals surface area contributed by atoms with E-state index < -0.39 is 0 Å². The highest BCUT2D eigenvalue weighted by Gasteiger charge is 2.22. The van der Waals surface area contributed by atoms with Crippen LogP contribution in [-0.2, 0) is 6.42 Å². The van der Waals surface area contributed by atoms with E-state index in [9.17, 15) is 4.79 Å². The topological polar surface area (TPSA) is 59.2 Å². The number of nitrogens with zero attached hydrogens (tertiary/aromatic N) is 3. The predicted octanol–water partition coefficient (Wildman–Crippen LogP) is 1.30. The number of hydrogen-bond donors (Lipinski definition) is 0. The van der Waals surface area contributed by atoms with E-state index in [1.165, 1.54) is 19.8 Å². The number of carbonyl (C=O) groups excluding carboxylic acids is 1. The predicted molar refractivity (Wildman–Crippen MR) is 58.3 cm³/mol. The van der Waals surface area contributed by atoms with Crippen LogP contribution in [0.25, 0.3) is 0 Å². The van der Waals surface area contributed by atoms with Crippen LogP contribution in [0.4, 0.5) is 0 Å². The average molecular weight is 223 g/mol. The van der Waals surface area contributed by atoms with Crippen LogP contribution in [0.2, 0.25) is 0 Å². The number of aromatic nitrogens is 2. The molecule has 0 bridgehead atoms. The zero-order valence-corrected chi connectivity index (χ0v) is 9.77. The molecule has 1 aliphatic rings. The second-order valence-electron chi connectivity index (χ2n) is 4.40. The molecule has 5 heteroatoms. The maximum absolute atomic E-state index is 11.0. The average Bonchev–Trinajstić information content (AvgIpc) is 2.70. The van der Waals surface area contributed by atoms with E-state index in [1.807, 2.05) is 0 Å². The number of ketones is 1. The first kappa shape index (κ1) is 11.3. The van der Waals surface area contributed by atoms with Crippen molar-refractivity contribution < 1.29 is 9.32 Å². The molecule has 1 fully saturated rings. The number of piperidine rings is 1. The second kappa shape index (κ2) is 4.74. The van der Waals surface area contributed by atoms with Crippen molar-refractivity contribution in [1.82, 2.24) is 15.0 Å². The summed E-state index contributed by atoms with van der Waals surface area (Å²) in [6, 6.07) is 0.467. The Balaban J connectivity index is 1.99. The molecule has 0 saturated carbocycles. The molecule has 0 N–H and O–H groups in total. The lowest BCUT2D eigenvalue weighted by atomic mass is 10.0. The molecule has 1 aromatic heterocycles. The van der Waals surface area contributed by atoms with Gasteiger partial charge in [0.05, 0.1) is 0 Å². The number of likely N-dealkylation sites (tertiary alicyclic amines) is 1. The smallest absolute Gasteiger partial charge is 0.238 e. The van der Waals surface area contributed by atoms with Gasteiger partial charge in [-0.1, -0.05) is 11.6 Å². The van der Waals surface area contributed by atoms with Crippen molar-refractivity contribution in [3.8, 4) is 0 Å². The summed E-state index contributed by atoms with van der Waals surface area (Å²) < 4.78 is 5.07. The van der Waals surface area contributed by atoms with Crippen LogP contribution in [0.1, 0.15) is 42.7 Å². The quantitative estimate of drug-likeness (QED) is 0.723. The number of Topliss-reactive ketones (excluding diaryl/α,β-unsaturated/α-hetero) is 1. The Labute approximate surface area is 94.8 Å². The minimum atomic E-state index is -0.146. The Morgan fingerprint density at radius 2 is 2.38 bits per heavy atom. The number of likely N-dealkylation sites (N-methyl/N-ethyl adjacent to an activating group) is 1. The molecule has 1 saturated heterocycles. The molecular weight excluding hydrogens is 206 g/mol. The molecule has 1 atom stereocenters. The Kier molecular flexibility index (Phi) is 3.33. The first-order chi connectivity index (χ1) is 7.66. The standard InChI is InChI=1S/C11H17N3O2/c1-8(15)11-12-10(16-13-11)7-9-5-3-4-6-14(9)2/h9H,3-7H2,1-2H3. The zero-order chi connectivity index (χ0) is 11.5. The fourth-order valence-corrected chi connectivity index (χ4v) is 2.08. The van der Waals surface area contributed by atoms with E-state index in [-0.39, 0.29) is 11.6 Å². The first-order valence-corrected chi connectivity index (χ1v) is 5.70. The van der Waals surface area contributed by atoms with Gasteiger partial charge < -0.3 is 9.42 Å². The Morgan fingerprint density at radius 1 is 1.56 bits per heavy atom. The normalized spacial score (nSPS) is 22.2. The molecule has 16 heavy (non-hydrogen) atoms. The van der Waals surface area contributed by atoms with Gasteiger partial charge in [0.25, 0.3) is 0 Å². The van der Waals surface area contributed by atoms with Crippen LogP contribution in [0, 0.1) is 0 Å². The van der Waals surface area contributed by atoms with E-state index in [1.54, 1.807) is 0 Å². The molecule has 0 aliphatic carbocycles. The van der Waals surface area contributed by atoms with Gasteiger partial charge in [-0.3, -0.25) is 4.79 Å².